The number of rotatable bonds is 3. The summed E-state index contributed by atoms with van der Waals surface area (Å²) in [6.07, 6.45) is -2.57. The standard InChI is InChI=1S/C16H11F3O3/c17-16(18,19)12-8-10(9-14(21)15(12)22)6-7-13(20)11-4-2-1-3-5-11/h1-9,21-22H/b7-6+. The topological polar surface area (TPSA) is 57.5 Å². The van der Waals surface area contributed by atoms with Gasteiger partial charge in [0.1, 0.15) is 5.56 Å². The van der Waals surface area contributed by atoms with Crippen molar-refractivity contribution in [1.29, 1.82) is 0 Å². The molecule has 3 nitrogen and oxygen atoms in total. The van der Waals surface area contributed by atoms with E-state index in [1.807, 2.05) is 0 Å². The molecule has 0 aromatic heterocycles. The van der Waals surface area contributed by atoms with Crippen LogP contribution in [0.3, 0.4) is 0 Å². The lowest BCUT2D eigenvalue weighted by Crippen LogP contribution is -2.05. The second-order valence-electron chi connectivity index (χ2n) is 4.50. The maximum absolute atomic E-state index is 12.7. The molecular weight excluding hydrogens is 297 g/mol. The van der Waals surface area contributed by atoms with E-state index in [9.17, 15) is 28.2 Å². The molecule has 0 aliphatic rings. The highest BCUT2D eigenvalue weighted by atomic mass is 19.4. The van der Waals surface area contributed by atoms with Crippen LogP contribution in [0.4, 0.5) is 13.2 Å². The molecule has 6 heteroatoms. The Morgan fingerprint density at radius 2 is 1.68 bits per heavy atom. The van der Waals surface area contributed by atoms with Gasteiger partial charge in [-0.15, -0.1) is 0 Å². The molecule has 2 N–H and O–H groups in total. The minimum atomic E-state index is -4.81. The first-order valence-corrected chi connectivity index (χ1v) is 6.19. The summed E-state index contributed by atoms with van der Waals surface area (Å²) in [6, 6.07) is 9.80. The van der Waals surface area contributed by atoms with Gasteiger partial charge in [-0.25, -0.2) is 0 Å². The lowest BCUT2D eigenvalue weighted by Gasteiger charge is -2.11. The Morgan fingerprint density at radius 1 is 1.05 bits per heavy atom. The molecule has 0 saturated carbocycles. The molecule has 0 bridgehead atoms. The van der Waals surface area contributed by atoms with Gasteiger partial charge in [-0.2, -0.15) is 13.2 Å². The van der Waals surface area contributed by atoms with Crippen molar-refractivity contribution in [2.75, 3.05) is 0 Å². The summed E-state index contributed by atoms with van der Waals surface area (Å²) in [4.78, 5) is 11.8. The Kier molecular flexibility index (Phi) is 4.21. The number of halogens is 3. The number of carbonyl (C=O) groups excluding carboxylic acids is 1. The van der Waals surface area contributed by atoms with Crippen molar-refractivity contribution in [3.63, 3.8) is 0 Å². The van der Waals surface area contributed by atoms with E-state index in [-0.39, 0.29) is 11.3 Å². The Bertz CT molecular complexity index is 719. The van der Waals surface area contributed by atoms with Crippen molar-refractivity contribution in [1.82, 2.24) is 0 Å². The summed E-state index contributed by atoms with van der Waals surface area (Å²) in [5, 5.41) is 18.6. The molecule has 0 radical (unpaired) electrons. The molecule has 0 fully saturated rings. The normalized spacial score (nSPS) is 11.8. The molecule has 0 unspecified atom stereocenters. The van der Waals surface area contributed by atoms with Crippen LogP contribution in [-0.4, -0.2) is 16.0 Å². The number of allylic oxidation sites excluding steroid dienone is 1. The second-order valence-corrected chi connectivity index (χ2v) is 4.50. The van der Waals surface area contributed by atoms with Crippen molar-refractivity contribution < 1.29 is 28.2 Å². The van der Waals surface area contributed by atoms with E-state index in [0.717, 1.165) is 18.2 Å². The van der Waals surface area contributed by atoms with Gasteiger partial charge in [0, 0.05) is 5.56 Å². The van der Waals surface area contributed by atoms with Gasteiger partial charge in [0.05, 0.1) is 0 Å². The molecule has 22 heavy (non-hydrogen) atoms. The van der Waals surface area contributed by atoms with Crippen LogP contribution in [0.25, 0.3) is 6.08 Å². The molecular formula is C16H11F3O3. The van der Waals surface area contributed by atoms with E-state index >= 15 is 0 Å². The van der Waals surface area contributed by atoms with E-state index in [4.69, 9.17) is 0 Å². The first-order chi connectivity index (χ1) is 10.3. The van der Waals surface area contributed by atoms with Gasteiger partial charge >= 0.3 is 6.18 Å². The van der Waals surface area contributed by atoms with Crippen LogP contribution in [0.5, 0.6) is 11.5 Å². The number of alkyl halides is 3. The fourth-order valence-electron chi connectivity index (χ4n) is 1.82. The van der Waals surface area contributed by atoms with Crippen molar-refractivity contribution in [2.45, 2.75) is 6.18 Å². The van der Waals surface area contributed by atoms with Crippen LogP contribution < -0.4 is 0 Å². The number of hydrogen-bond acceptors (Lipinski definition) is 3. The van der Waals surface area contributed by atoms with Crippen molar-refractivity contribution in [2.24, 2.45) is 0 Å². The third kappa shape index (κ3) is 3.46. The predicted octanol–water partition coefficient (Wildman–Crippen LogP) is 4.01. The van der Waals surface area contributed by atoms with Gasteiger partial charge in [0.15, 0.2) is 17.3 Å². The number of benzene rings is 2. The molecule has 0 spiro atoms. The summed E-state index contributed by atoms with van der Waals surface area (Å²) in [5.74, 6) is -2.53. The highest BCUT2D eigenvalue weighted by Gasteiger charge is 2.35. The van der Waals surface area contributed by atoms with Gasteiger partial charge < -0.3 is 10.2 Å². The quantitative estimate of drug-likeness (QED) is 0.511. The average Bonchev–Trinajstić information content (AvgIpc) is 2.47. The lowest BCUT2D eigenvalue weighted by atomic mass is 10.1. The number of hydrogen-bond donors (Lipinski definition) is 2. The molecule has 2 rings (SSSR count). The lowest BCUT2D eigenvalue weighted by molar-refractivity contribution is -0.138. The van der Waals surface area contributed by atoms with E-state index in [2.05, 4.69) is 0 Å². The molecule has 2 aromatic rings. The Morgan fingerprint density at radius 3 is 2.27 bits per heavy atom. The van der Waals surface area contributed by atoms with Crippen molar-refractivity contribution in [3.05, 3.63) is 65.2 Å². The number of ketones is 1. The highest BCUT2D eigenvalue weighted by Crippen LogP contribution is 2.41. The Labute approximate surface area is 124 Å². The monoisotopic (exact) mass is 308 g/mol. The summed E-state index contributed by atoms with van der Waals surface area (Å²) < 4.78 is 38.1. The average molecular weight is 308 g/mol. The van der Waals surface area contributed by atoms with Crippen LogP contribution in [0.1, 0.15) is 21.5 Å². The number of aromatic hydroxyl groups is 2. The number of phenols is 2. The molecule has 0 aliphatic heterocycles. The van der Waals surface area contributed by atoms with E-state index in [1.54, 1.807) is 30.3 Å². The first kappa shape index (κ1) is 15.6. The summed E-state index contributed by atoms with van der Waals surface area (Å²) in [7, 11) is 0. The summed E-state index contributed by atoms with van der Waals surface area (Å²) in [6.45, 7) is 0. The van der Waals surface area contributed by atoms with Crippen LogP contribution in [0.15, 0.2) is 48.5 Å². The third-order valence-corrected chi connectivity index (χ3v) is 2.90. The maximum atomic E-state index is 12.7. The van der Waals surface area contributed by atoms with Gasteiger partial charge in [-0.1, -0.05) is 36.4 Å². The largest absolute Gasteiger partial charge is 0.504 e. The molecule has 0 saturated heterocycles. The zero-order valence-corrected chi connectivity index (χ0v) is 11.1. The van der Waals surface area contributed by atoms with E-state index < -0.39 is 23.2 Å². The molecule has 0 heterocycles. The second kappa shape index (κ2) is 5.93. The van der Waals surface area contributed by atoms with Gasteiger partial charge in [0.2, 0.25) is 0 Å². The smallest absolute Gasteiger partial charge is 0.420 e. The van der Waals surface area contributed by atoms with Crippen molar-refractivity contribution >= 4 is 11.9 Å². The highest BCUT2D eigenvalue weighted by molar-refractivity contribution is 6.06. The van der Waals surface area contributed by atoms with Gasteiger partial charge in [-0.3, -0.25) is 4.79 Å². The van der Waals surface area contributed by atoms with Crippen LogP contribution in [-0.2, 0) is 6.18 Å². The van der Waals surface area contributed by atoms with Gasteiger partial charge in [0.25, 0.3) is 0 Å². The fourth-order valence-corrected chi connectivity index (χ4v) is 1.82. The zero-order chi connectivity index (χ0) is 16.3. The molecule has 2 aromatic carbocycles. The van der Waals surface area contributed by atoms with Gasteiger partial charge in [-0.05, 0) is 23.8 Å². The molecule has 114 valence electrons. The number of carbonyl (C=O) groups is 1. The summed E-state index contributed by atoms with van der Waals surface area (Å²) >= 11 is 0. The predicted molar refractivity (Wildman–Crippen MR) is 74.6 cm³/mol. The Balaban J connectivity index is 2.32. The minimum absolute atomic E-state index is 0.0492. The van der Waals surface area contributed by atoms with Crippen LogP contribution in [0.2, 0.25) is 0 Å². The summed E-state index contributed by atoms with van der Waals surface area (Å²) in [5.41, 5.74) is -1.02. The fraction of sp³-hybridized carbons (Fsp3) is 0.0625. The van der Waals surface area contributed by atoms with Crippen molar-refractivity contribution in [3.8, 4) is 11.5 Å². The minimum Gasteiger partial charge on any atom is -0.504 e. The maximum Gasteiger partial charge on any atom is 0.420 e. The third-order valence-electron chi connectivity index (χ3n) is 2.90. The molecule has 0 aliphatic carbocycles. The van der Waals surface area contributed by atoms with Crippen LogP contribution in [0, 0.1) is 0 Å². The van der Waals surface area contributed by atoms with E-state index in [0.29, 0.717) is 11.6 Å². The molecule has 0 amide bonds. The Hall–Kier alpha value is -2.76. The SMILES string of the molecule is O=C(/C=C/c1cc(O)c(O)c(C(F)(F)F)c1)c1ccccc1. The van der Waals surface area contributed by atoms with E-state index in [1.165, 1.54) is 0 Å². The first-order valence-electron chi connectivity index (χ1n) is 6.19. The zero-order valence-electron chi connectivity index (χ0n) is 11.1. The molecule has 0 atom stereocenters. The number of phenolic OH excluding ortho intramolecular Hbond substituents is 2. The van der Waals surface area contributed by atoms with Crippen LogP contribution >= 0.6 is 0 Å².